The second-order valence-corrected chi connectivity index (χ2v) is 10.9. The Morgan fingerprint density at radius 1 is 1.34 bits per heavy atom. The molecule has 3 aliphatic rings. The van der Waals surface area contributed by atoms with Gasteiger partial charge in [-0.05, 0) is 36.5 Å². The fraction of sp³-hybridized carbons (Fsp3) is 0.440. The minimum Gasteiger partial charge on any atom is -0.481 e. The number of aromatic nitrogens is 1. The Kier molecular flexibility index (Phi) is 7.23. The minimum absolute atomic E-state index is 0.0237. The number of esters is 1. The Hall–Kier alpha value is -2.96. The summed E-state index contributed by atoms with van der Waals surface area (Å²) < 4.78 is 49.6. The van der Waals surface area contributed by atoms with Gasteiger partial charge in [-0.25, -0.2) is 22.9 Å². The SMILES string of the molecule is COC(=O)C1=C(CN2[C@H]3C[C@H](CC(=O)O)C[C@@H]2C(F)(F)C3)NC(c2nccs2)=N[C@H]1c1ccc(Cl)c(F)c1. The van der Waals surface area contributed by atoms with Crippen molar-refractivity contribution in [1.29, 1.82) is 0 Å². The summed E-state index contributed by atoms with van der Waals surface area (Å²) in [5.74, 6) is -5.52. The van der Waals surface area contributed by atoms with E-state index < -0.39 is 48.2 Å². The zero-order valence-corrected chi connectivity index (χ0v) is 21.7. The molecule has 3 aliphatic heterocycles. The van der Waals surface area contributed by atoms with Gasteiger partial charge in [0.25, 0.3) is 5.92 Å². The zero-order chi connectivity index (χ0) is 27.2. The Balaban J connectivity index is 1.56. The maximum Gasteiger partial charge on any atom is 0.338 e. The molecule has 8 nitrogen and oxygen atoms in total. The molecule has 13 heteroatoms. The van der Waals surface area contributed by atoms with E-state index in [9.17, 15) is 19.1 Å². The third-order valence-corrected chi connectivity index (χ3v) is 8.34. The second-order valence-electron chi connectivity index (χ2n) is 9.64. The summed E-state index contributed by atoms with van der Waals surface area (Å²) in [7, 11) is 1.20. The predicted molar refractivity (Wildman–Crippen MR) is 134 cm³/mol. The number of hydrogen-bond acceptors (Lipinski definition) is 8. The molecule has 4 atom stereocenters. The smallest absolute Gasteiger partial charge is 0.338 e. The summed E-state index contributed by atoms with van der Waals surface area (Å²) in [5, 5.41) is 14.5. The number of alkyl halides is 2. The molecule has 1 aromatic heterocycles. The molecular formula is C25H24ClF3N4O4S. The number of carbonyl (C=O) groups is 2. The van der Waals surface area contributed by atoms with Crippen molar-refractivity contribution < 1.29 is 32.6 Å². The molecule has 2 saturated heterocycles. The topological polar surface area (TPSA) is 104 Å². The number of methoxy groups -OCH3 is 1. The number of aliphatic carboxylic acids is 1. The number of aliphatic imine (C=N–C) groups is 1. The number of carbonyl (C=O) groups excluding carboxylic acids is 1. The highest BCUT2D eigenvalue weighted by Crippen LogP contribution is 2.49. The lowest BCUT2D eigenvalue weighted by Gasteiger charge is -2.40. The molecule has 0 amide bonds. The van der Waals surface area contributed by atoms with Crippen LogP contribution in [0.2, 0.25) is 5.02 Å². The van der Waals surface area contributed by atoms with E-state index in [0.29, 0.717) is 28.5 Å². The number of carboxylic acids is 1. The van der Waals surface area contributed by atoms with Gasteiger partial charge < -0.3 is 15.2 Å². The first-order valence-corrected chi connectivity index (χ1v) is 13.2. The van der Waals surface area contributed by atoms with Gasteiger partial charge in [0, 0.05) is 42.7 Å². The predicted octanol–water partition coefficient (Wildman–Crippen LogP) is 4.42. The van der Waals surface area contributed by atoms with Crippen LogP contribution in [0.1, 0.15) is 42.3 Å². The normalized spacial score (nSPS) is 26.6. The number of amidine groups is 1. The number of rotatable bonds is 7. The average molecular weight is 569 g/mol. The summed E-state index contributed by atoms with van der Waals surface area (Å²) in [5.41, 5.74) is 0.681. The number of thiazole rings is 1. The van der Waals surface area contributed by atoms with Gasteiger partial charge >= 0.3 is 11.9 Å². The van der Waals surface area contributed by atoms with Crippen LogP contribution in [-0.4, -0.2) is 64.4 Å². The number of carboxylic acid groups (broad SMARTS) is 1. The summed E-state index contributed by atoms with van der Waals surface area (Å²) >= 11 is 7.16. The molecule has 202 valence electrons. The van der Waals surface area contributed by atoms with Crippen molar-refractivity contribution in [1.82, 2.24) is 15.2 Å². The van der Waals surface area contributed by atoms with Crippen molar-refractivity contribution in [2.24, 2.45) is 10.9 Å². The maximum atomic E-state index is 15.1. The minimum atomic E-state index is -3.01. The molecule has 2 fully saturated rings. The first-order chi connectivity index (χ1) is 18.1. The van der Waals surface area contributed by atoms with Crippen LogP contribution in [0.25, 0.3) is 0 Å². The largest absolute Gasteiger partial charge is 0.481 e. The Labute approximate surface area is 225 Å². The number of nitrogens with zero attached hydrogens (tertiary/aromatic N) is 3. The standard InChI is InChI=1S/C25H24ClF3N4O4S/c1-37-24(36)20-17(11-33-14-6-12(8-19(34)35)7-18(33)25(28,29)10-14)31-22(23-30-4-5-38-23)32-21(20)13-2-3-15(26)16(27)9-13/h2-5,9,12,14,18,21H,6-8,10-11H2,1H3,(H,31,32)(H,34,35)/t12-,14-,18+,21-/m0/s1. The molecule has 2 aromatic rings. The van der Waals surface area contributed by atoms with Crippen molar-refractivity contribution in [3.8, 4) is 0 Å². The van der Waals surface area contributed by atoms with Gasteiger partial charge in [-0.3, -0.25) is 14.7 Å². The van der Waals surface area contributed by atoms with E-state index in [0.717, 1.165) is 0 Å². The summed E-state index contributed by atoms with van der Waals surface area (Å²) in [6, 6.07) is 1.31. The van der Waals surface area contributed by atoms with E-state index >= 15 is 8.78 Å². The van der Waals surface area contributed by atoms with Crippen LogP contribution in [0.4, 0.5) is 13.2 Å². The number of hydrogen-bond donors (Lipinski definition) is 2. The third-order valence-electron chi connectivity index (χ3n) is 7.26. The molecule has 5 rings (SSSR count). The van der Waals surface area contributed by atoms with E-state index in [1.165, 1.54) is 30.6 Å². The first-order valence-electron chi connectivity index (χ1n) is 11.9. The Morgan fingerprint density at radius 2 is 2.13 bits per heavy atom. The van der Waals surface area contributed by atoms with Gasteiger partial charge in [0.05, 0.1) is 23.7 Å². The highest BCUT2D eigenvalue weighted by Gasteiger charge is 2.57. The van der Waals surface area contributed by atoms with Gasteiger partial charge in [0.1, 0.15) is 11.9 Å². The van der Waals surface area contributed by atoms with Crippen LogP contribution in [0.5, 0.6) is 0 Å². The quantitative estimate of drug-likeness (QED) is 0.477. The molecule has 4 heterocycles. The first kappa shape index (κ1) is 26.6. The van der Waals surface area contributed by atoms with Crippen LogP contribution in [0.15, 0.2) is 46.0 Å². The fourth-order valence-corrected chi connectivity index (χ4v) is 6.37. The van der Waals surface area contributed by atoms with Crippen LogP contribution in [0.3, 0.4) is 0 Å². The van der Waals surface area contributed by atoms with Crippen molar-refractivity contribution >= 4 is 40.7 Å². The average Bonchev–Trinajstić information content (AvgIpc) is 3.44. The van der Waals surface area contributed by atoms with E-state index in [1.54, 1.807) is 22.5 Å². The van der Waals surface area contributed by atoms with Gasteiger partial charge in [0.2, 0.25) is 0 Å². The molecule has 38 heavy (non-hydrogen) atoms. The Bertz CT molecular complexity index is 1320. The van der Waals surface area contributed by atoms with E-state index in [2.05, 4.69) is 15.3 Å². The lowest BCUT2D eigenvalue weighted by molar-refractivity contribution is -0.139. The molecule has 2 N–H and O–H groups in total. The molecule has 0 saturated carbocycles. The molecule has 1 aromatic carbocycles. The number of piperidine rings is 1. The Morgan fingerprint density at radius 3 is 2.76 bits per heavy atom. The number of ether oxygens (including phenoxy) is 1. The van der Waals surface area contributed by atoms with Gasteiger partial charge in [-0.15, -0.1) is 11.3 Å². The van der Waals surface area contributed by atoms with Crippen LogP contribution in [-0.2, 0) is 14.3 Å². The molecular weight excluding hydrogens is 545 g/mol. The number of nitrogens with one attached hydrogen (secondary N) is 1. The van der Waals surface area contributed by atoms with Crippen molar-refractivity contribution in [3.63, 3.8) is 0 Å². The highest BCUT2D eigenvalue weighted by molar-refractivity contribution is 7.11. The number of benzene rings is 1. The van der Waals surface area contributed by atoms with Crippen LogP contribution in [0, 0.1) is 11.7 Å². The van der Waals surface area contributed by atoms with E-state index in [-0.39, 0.29) is 35.9 Å². The maximum absolute atomic E-state index is 15.1. The molecule has 0 spiro atoms. The van der Waals surface area contributed by atoms with Crippen molar-refractivity contribution in [2.75, 3.05) is 13.7 Å². The summed E-state index contributed by atoms with van der Waals surface area (Å²) in [4.78, 5) is 34.9. The molecule has 0 aliphatic carbocycles. The molecule has 0 unspecified atom stereocenters. The van der Waals surface area contributed by atoms with Gasteiger partial charge in [0.15, 0.2) is 10.8 Å². The second kappa shape index (κ2) is 10.3. The lowest BCUT2D eigenvalue weighted by Crippen LogP contribution is -2.50. The molecule has 2 bridgehead atoms. The number of fused-ring (bicyclic) bond motifs is 2. The summed E-state index contributed by atoms with van der Waals surface area (Å²) in [6.45, 7) is -0.0634. The van der Waals surface area contributed by atoms with Gasteiger partial charge in [-0.2, -0.15) is 0 Å². The zero-order valence-electron chi connectivity index (χ0n) is 20.2. The number of halogens is 4. The van der Waals surface area contributed by atoms with Crippen molar-refractivity contribution in [3.05, 3.63) is 62.5 Å². The lowest BCUT2D eigenvalue weighted by atomic mass is 9.87. The van der Waals surface area contributed by atoms with Gasteiger partial charge in [-0.1, -0.05) is 17.7 Å². The monoisotopic (exact) mass is 568 g/mol. The van der Waals surface area contributed by atoms with Crippen molar-refractivity contribution in [2.45, 2.75) is 49.7 Å². The van der Waals surface area contributed by atoms with Crippen LogP contribution >= 0.6 is 22.9 Å². The highest BCUT2D eigenvalue weighted by atomic mass is 35.5. The molecule has 0 radical (unpaired) electrons. The summed E-state index contributed by atoms with van der Waals surface area (Å²) in [6.07, 6.45) is 1.34. The van der Waals surface area contributed by atoms with E-state index in [1.807, 2.05) is 0 Å². The fourth-order valence-electron chi connectivity index (χ4n) is 5.67. The van der Waals surface area contributed by atoms with Crippen LogP contribution < -0.4 is 5.32 Å². The van der Waals surface area contributed by atoms with E-state index in [4.69, 9.17) is 16.3 Å². The third kappa shape index (κ3) is 5.04.